The van der Waals surface area contributed by atoms with Crippen molar-refractivity contribution in [3.05, 3.63) is 39.2 Å². The number of rotatable bonds is 4. The standard InChI is InChI=1S/C24H28ClIN4O4/c1-24(2,3)19-13-28(8-9-29(19)23(31)32)14-6-7-30-20(10-14)27-21(22(30)26)15-11-16(25)18(34-5)12-17(15)33-4/h6-7,10-12,19H,8-9,13H2,1-5H3,(H,31,32). The lowest BCUT2D eigenvalue weighted by atomic mass is 9.84. The normalized spacial score (nSPS) is 16.7. The fraction of sp³-hybridized carbons (Fsp3) is 0.417. The van der Waals surface area contributed by atoms with Crippen LogP contribution in [0.15, 0.2) is 30.5 Å². The average molecular weight is 599 g/mol. The summed E-state index contributed by atoms with van der Waals surface area (Å²) < 4.78 is 13.9. The number of hydrogen-bond donors (Lipinski definition) is 1. The number of carbonyl (C=O) groups is 1. The molecule has 0 radical (unpaired) electrons. The molecular formula is C24H28ClIN4O4. The van der Waals surface area contributed by atoms with Crippen LogP contribution >= 0.6 is 34.2 Å². The van der Waals surface area contributed by atoms with Crippen LogP contribution in [0.25, 0.3) is 16.9 Å². The van der Waals surface area contributed by atoms with Crippen LogP contribution in [-0.2, 0) is 0 Å². The Hall–Kier alpha value is -2.40. The number of ether oxygens (including phenoxy) is 2. The van der Waals surface area contributed by atoms with E-state index in [1.807, 2.05) is 22.7 Å². The van der Waals surface area contributed by atoms with Gasteiger partial charge < -0.3 is 24.4 Å². The second kappa shape index (κ2) is 9.33. The summed E-state index contributed by atoms with van der Waals surface area (Å²) in [7, 11) is 3.17. The third kappa shape index (κ3) is 4.47. The number of anilines is 1. The van der Waals surface area contributed by atoms with E-state index in [9.17, 15) is 9.90 Å². The van der Waals surface area contributed by atoms with Gasteiger partial charge in [-0.25, -0.2) is 9.78 Å². The van der Waals surface area contributed by atoms with Gasteiger partial charge in [-0.3, -0.25) is 4.40 Å². The fourth-order valence-electron chi connectivity index (χ4n) is 4.40. The highest BCUT2D eigenvalue weighted by Crippen LogP contribution is 2.40. The van der Waals surface area contributed by atoms with Gasteiger partial charge in [-0.15, -0.1) is 0 Å². The minimum Gasteiger partial charge on any atom is -0.496 e. The summed E-state index contributed by atoms with van der Waals surface area (Å²) >= 11 is 8.68. The maximum absolute atomic E-state index is 11.8. The number of aromatic nitrogens is 2. The molecule has 1 atom stereocenters. The maximum atomic E-state index is 11.8. The SMILES string of the molecule is COc1cc(OC)c(-c2nc3cc(N4CCN(C(=O)O)C(C(C)(C)C)C4)ccn3c2I)cc1Cl. The van der Waals surface area contributed by atoms with E-state index in [1.165, 1.54) is 0 Å². The predicted molar refractivity (Wildman–Crippen MR) is 142 cm³/mol. The number of amides is 1. The van der Waals surface area contributed by atoms with E-state index in [0.29, 0.717) is 36.2 Å². The van der Waals surface area contributed by atoms with Crippen LogP contribution < -0.4 is 14.4 Å². The molecule has 182 valence electrons. The first-order valence-corrected chi connectivity index (χ1v) is 12.3. The van der Waals surface area contributed by atoms with Gasteiger partial charge in [-0.1, -0.05) is 32.4 Å². The van der Waals surface area contributed by atoms with E-state index >= 15 is 0 Å². The number of carboxylic acid groups (broad SMARTS) is 1. The zero-order valence-corrected chi connectivity index (χ0v) is 22.7. The molecule has 1 unspecified atom stereocenters. The first-order chi connectivity index (χ1) is 16.0. The zero-order valence-electron chi connectivity index (χ0n) is 19.8. The molecule has 1 aromatic carbocycles. The lowest BCUT2D eigenvalue weighted by molar-refractivity contribution is 0.0748. The molecule has 1 N–H and O–H groups in total. The topological polar surface area (TPSA) is 79.5 Å². The Morgan fingerprint density at radius 3 is 2.50 bits per heavy atom. The van der Waals surface area contributed by atoms with Crippen LogP contribution in [0.3, 0.4) is 0 Å². The van der Waals surface area contributed by atoms with Crippen molar-refractivity contribution in [1.29, 1.82) is 0 Å². The van der Waals surface area contributed by atoms with Crippen molar-refractivity contribution >= 4 is 51.6 Å². The summed E-state index contributed by atoms with van der Waals surface area (Å²) in [5, 5.41) is 10.2. The van der Waals surface area contributed by atoms with Crippen LogP contribution in [0, 0.1) is 9.12 Å². The van der Waals surface area contributed by atoms with Crippen molar-refractivity contribution < 1.29 is 19.4 Å². The highest BCUT2D eigenvalue weighted by Gasteiger charge is 2.38. The number of halogens is 2. The van der Waals surface area contributed by atoms with E-state index in [0.717, 1.165) is 26.3 Å². The lowest BCUT2D eigenvalue weighted by Crippen LogP contribution is -2.59. The molecule has 1 fully saturated rings. The molecule has 4 rings (SSSR count). The molecule has 10 heteroatoms. The number of piperazine rings is 1. The summed E-state index contributed by atoms with van der Waals surface area (Å²) in [6.07, 6.45) is 1.13. The van der Waals surface area contributed by atoms with E-state index in [1.54, 1.807) is 25.2 Å². The molecule has 1 aliphatic heterocycles. The number of pyridine rings is 1. The first-order valence-electron chi connectivity index (χ1n) is 10.9. The van der Waals surface area contributed by atoms with Crippen LogP contribution in [-0.4, -0.2) is 65.4 Å². The van der Waals surface area contributed by atoms with Gasteiger partial charge in [0.25, 0.3) is 0 Å². The molecule has 2 aromatic heterocycles. The summed E-state index contributed by atoms with van der Waals surface area (Å²) in [4.78, 5) is 20.5. The smallest absolute Gasteiger partial charge is 0.407 e. The van der Waals surface area contributed by atoms with Crippen LogP contribution in [0.5, 0.6) is 11.5 Å². The van der Waals surface area contributed by atoms with Crippen molar-refractivity contribution in [3.63, 3.8) is 0 Å². The summed E-state index contributed by atoms with van der Waals surface area (Å²) in [5.74, 6) is 1.16. The summed E-state index contributed by atoms with van der Waals surface area (Å²) in [6, 6.07) is 7.55. The third-order valence-corrected chi connectivity index (χ3v) is 7.60. The molecule has 1 aliphatic rings. The molecule has 0 spiro atoms. The van der Waals surface area contributed by atoms with Gasteiger partial charge >= 0.3 is 6.09 Å². The van der Waals surface area contributed by atoms with Gasteiger partial charge in [0.1, 0.15) is 26.5 Å². The minimum absolute atomic E-state index is 0.115. The van der Waals surface area contributed by atoms with Crippen LogP contribution in [0.2, 0.25) is 5.02 Å². The Balaban J connectivity index is 1.72. The van der Waals surface area contributed by atoms with E-state index in [4.69, 9.17) is 26.1 Å². The Kier molecular flexibility index (Phi) is 6.78. The second-order valence-electron chi connectivity index (χ2n) is 9.36. The molecule has 0 aliphatic carbocycles. The number of fused-ring (bicyclic) bond motifs is 1. The quantitative estimate of drug-likeness (QED) is 0.400. The minimum atomic E-state index is -0.866. The average Bonchev–Trinajstić information content (AvgIpc) is 3.13. The first kappa shape index (κ1) is 24.7. The number of nitrogens with zero attached hydrogens (tertiary/aromatic N) is 4. The van der Waals surface area contributed by atoms with Gasteiger partial charge in [0.05, 0.1) is 25.3 Å². The fourth-order valence-corrected chi connectivity index (χ4v) is 5.46. The van der Waals surface area contributed by atoms with Crippen molar-refractivity contribution in [2.24, 2.45) is 5.41 Å². The van der Waals surface area contributed by atoms with E-state index in [2.05, 4.69) is 54.3 Å². The Morgan fingerprint density at radius 2 is 1.88 bits per heavy atom. The van der Waals surface area contributed by atoms with E-state index in [-0.39, 0.29) is 11.5 Å². The molecule has 0 bridgehead atoms. The number of hydrogen-bond acceptors (Lipinski definition) is 5. The summed E-state index contributed by atoms with van der Waals surface area (Å²) in [5.41, 5.74) is 3.17. The second-order valence-corrected chi connectivity index (χ2v) is 10.8. The number of methoxy groups -OCH3 is 2. The number of imidazole rings is 1. The monoisotopic (exact) mass is 598 g/mol. The van der Waals surface area contributed by atoms with E-state index < -0.39 is 6.09 Å². The molecule has 3 aromatic rings. The maximum Gasteiger partial charge on any atom is 0.407 e. The molecule has 0 saturated carbocycles. The third-order valence-electron chi connectivity index (χ3n) is 6.27. The largest absolute Gasteiger partial charge is 0.496 e. The Bertz CT molecular complexity index is 1240. The van der Waals surface area contributed by atoms with Gasteiger partial charge in [0, 0.05) is 49.2 Å². The van der Waals surface area contributed by atoms with Crippen LogP contribution in [0.4, 0.5) is 10.5 Å². The van der Waals surface area contributed by atoms with Crippen molar-refractivity contribution in [2.45, 2.75) is 26.8 Å². The number of benzene rings is 1. The van der Waals surface area contributed by atoms with Gasteiger partial charge in [0.2, 0.25) is 0 Å². The van der Waals surface area contributed by atoms with Gasteiger partial charge in [-0.2, -0.15) is 0 Å². The van der Waals surface area contributed by atoms with Crippen LogP contribution in [0.1, 0.15) is 20.8 Å². The van der Waals surface area contributed by atoms with Crippen molar-refractivity contribution in [2.75, 3.05) is 38.8 Å². The zero-order chi connectivity index (χ0) is 24.8. The summed E-state index contributed by atoms with van der Waals surface area (Å²) in [6.45, 7) is 7.95. The predicted octanol–water partition coefficient (Wildman–Crippen LogP) is 5.49. The molecule has 1 amide bonds. The highest BCUT2D eigenvalue weighted by atomic mass is 127. The molecule has 3 heterocycles. The molecular weight excluding hydrogens is 571 g/mol. The Morgan fingerprint density at radius 1 is 1.18 bits per heavy atom. The van der Waals surface area contributed by atoms with Crippen molar-refractivity contribution in [1.82, 2.24) is 14.3 Å². The van der Waals surface area contributed by atoms with Gasteiger partial charge in [0.15, 0.2) is 0 Å². The molecule has 34 heavy (non-hydrogen) atoms. The van der Waals surface area contributed by atoms with Gasteiger partial charge in [-0.05, 0) is 40.1 Å². The van der Waals surface area contributed by atoms with Crippen molar-refractivity contribution in [3.8, 4) is 22.8 Å². The molecule has 8 nitrogen and oxygen atoms in total. The Labute approximate surface area is 217 Å². The highest BCUT2D eigenvalue weighted by molar-refractivity contribution is 14.1. The lowest BCUT2D eigenvalue weighted by Gasteiger charge is -2.46. The molecule has 1 saturated heterocycles.